The van der Waals surface area contributed by atoms with Gasteiger partial charge in [0, 0.05) is 18.6 Å². The topological polar surface area (TPSA) is 32.5 Å². The zero-order valence-electron chi connectivity index (χ0n) is 12.7. The van der Waals surface area contributed by atoms with Crippen molar-refractivity contribution in [2.75, 3.05) is 33.7 Å². The highest BCUT2D eigenvalue weighted by molar-refractivity contribution is 4.85. The smallest absolute Gasteiger partial charge is 0.0371 e. The summed E-state index contributed by atoms with van der Waals surface area (Å²) in [4.78, 5) is 4.91. The van der Waals surface area contributed by atoms with Gasteiger partial charge in [-0.15, -0.1) is 0 Å². The number of rotatable bonds is 7. The summed E-state index contributed by atoms with van der Waals surface area (Å²) < 4.78 is 0. The third-order valence-corrected chi connectivity index (χ3v) is 4.25. The Morgan fingerprint density at radius 1 is 1.11 bits per heavy atom. The Morgan fingerprint density at radius 2 is 1.83 bits per heavy atom. The van der Waals surface area contributed by atoms with E-state index in [0.717, 1.165) is 6.54 Å². The normalized spacial score (nSPS) is 25.0. The third-order valence-electron chi connectivity index (χ3n) is 4.25. The maximum Gasteiger partial charge on any atom is 0.0371 e. The lowest BCUT2D eigenvalue weighted by Crippen LogP contribution is -2.50. The standard InChI is InChI=1S/C15H33N3/c1-4-5-6-7-8-10-14(16)15-13-17(2)11-9-12-18(15)3/h14-15H,4-13,16H2,1-3H3. The van der Waals surface area contributed by atoms with Crippen molar-refractivity contribution in [1.82, 2.24) is 9.80 Å². The van der Waals surface area contributed by atoms with Crippen LogP contribution >= 0.6 is 0 Å². The lowest BCUT2D eigenvalue weighted by molar-refractivity contribution is 0.189. The molecule has 1 rings (SSSR count). The fraction of sp³-hybridized carbons (Fsp3) is 1.00. The Morgan fingerprint density at radius 3 is 2.56 bits per heavy atom. The molecule has 2 atom stereocenters. The van der Waals surface area contributed by atoms with E-state index in [1.165, 1.54) is 58.0 Å². The predicted octanol–water partition coefficient (Wildman–Crippen LogP) is 2.31. The molecular formula is C15H33N3. The van der Waals surface area contributed by atoms with Gasteiger partial charge in [0.25, 0.3) is 0 Å². The van der Waals surface area contributed by atoms with Gasteiger partial charge in [-0.2, -0.15) is 0 Å². The van der Waals surface area contributed by atoms with E-state index in [1.54, 1.807) is 0 Å². The summed E-state index contributed by atoms with van der Waals surface area (Å²) in [7, 11) is 4.46. The van der Waals surface area contributed by atoms with Crippen molar-refractivity contribution in [2.24, 2.45) is 5.73 Å². The molecule has 0 bridgehead atoms. The Balaban J connectivity index is 2.27. The minimum absolute atomic E-state index is 0.345. The molecule has 1 aliphatic heterocycles. The van der Waals surface area contributed by atoms with Crippen molar-refractivity contribution in [3.8, 4) is 0 Å². The van der Waals surface area contributed by atoms with Gasteiger partial charge < -0.3 is 15.5 Å². The molecule has 18 heavy (non-hydrogen) atoms. The van der Waals surface area contributed by atoms with Gasteiger partial charge in [-0.1, -0.05) is 39.0 Å². The van der Waals surface area contributed by atoms with Crippen LogP contribution in [0.1, 0.15) is 51.9 Å². The summed E-state index contributed by atoms with van der Waals surface area (Å²) in [6.45, 7) is 5.80. The molecule has 2 N–H and O–H groups in total. The number of hydrogen-bond donors (Lipinski definition) is 1. The Kier molecular flexibility index (Phi) is 7.87. The summed E-state index contributed by atoms with van der Waals surface area (Å²) in [5.74, 6) is 0. The van der Waals surface area contributed by atoms with Crippen LogP contribution in [0.4, 0.5) is 0 Å². The highest BCUT2D eigenvalue weighted by Crippen LogP contribution is 2.14. The van der Waals surface area contributed by atoms with Gasteiger partial charge >= 0.3 is 0 Å². The lowest BCUT2D eigenvalue weighted by atomic mass is 10.00. The largest absolute Gasteiger partial charge is 0.326 e. The van der Waals surface area contributed by atoms with E-state index in [1.807, 2.05) is 0 Å². The summed E-state index contributed by atoms with van der Waals surface area (Å²) in [6.07, 6.45) is 9.19. The molecule has 0 aromatic rings. The number of hydrogen-bond acceptors (Lipinski definition) is 3. The molecule has 1 saturated heterocycles. The predicted molar refractivity (Wildman–Crippen MR) is 79.9 cm³/mol. The zero-order chi connectivity index (χ0) is 13.4. The minimum atomic E-state index is 0.345. The van der Waals surface area contributed by atoms with E-state index in [4.69, 9.17) is 5.73 Å². The van der Waals surface area contributed by atoms with Crippen molar-refractivity contribution in [3.63, 3.8) is 0 Å². The number of nitrogens with two attached hydrogens (primary N) is 1. The number of nitrogens with zero attached hydrogens (tertiary/aromatic N) is 2. The second-order valence-corrected chi connectivity index (χ2v) is 6.03. The van der Waals surface area contributed by atoms with Crippen LogP contribution in [0.15, 0.2) is 0 Å². The van der Waals surface area contributed by atoms with Crippen LogP contribution in [-0.4, -0.2) is 55.6 Å². The van der Waals surface area contributed by atoms with Crippen LogP contribution in [0.3, 0.4) is 0 Å². The first-order valence-corrected chi connectivity index (χ1v) is 7.79. The van der Waals surface area contributed by atoms with Crippen molar-refractivity contribution in [3.05, 3.63) is 0 Å². The monoisotopic (exact) mass is 255 g/mol. The first-order chi connectivity index (χ1) is 8.65. The molecule has 0 aliphatic carbocycles. The molecule has 0 aromatic heterocycles. The van der Waals surface area contributed by atoms with E-state index in [0.29, 0.717) is 12.1 Å². The maximum absolute atomic E-state index is 6.42. The number of likely N-dealkylation sites (N-methyl/N-ethyl adjacent to an activating group) is 2. The molecule has 0 spiro atoms. The molecular weight excluding hydrogens is 222 g/mol. The van der Waals surface area contributed by atoms with Gasteiger partial charge in [-0.3, -0.25) is 0 Å². The van der Waals surface area contributed by atoms with E-state index in [9.17, 15) is 0 Å². The SMILES string of the molecule is CCCCCCCC(N)C1CN(C)CCCN1C. The van der Waals surface area contributed by atoms with Crippen LogP contribution in [0.5, 0.6) is 0 Å². The van der Waals surface area contributed by atoms with Crippen LogP contribution in [0, 0.1) is 0 Å². The second-order valence-electron chi connectivity index (χ2n) is 6.03. The first kappa shape index (κ1) is 15.9. The summed E-state index contributed by atoms with van der Waals surface area (Å²) in [6, 6.07) is 0.890. The summed E-state index contributed by atoms with van der Waals surface area (Å²) >= 11 is 0. The first-order valence-electron chi connectivity index (χ1n) is 7.79. The lowest BCUT2D eigenvalue weighted by Gasteiger charge is -2.32. The maximum atomic E-state index is 6.42. The summed E-state index contributed by atoms with van der Waals surface area (Å²) in [5, 5.41) is 0. The Labute approximate surface area is 114 Å². The van der Waals surface area contributed by atoms with Crippen LogP contribution in [0.25, 0.3) is 0 Å². The van der Waals surface area contributed by atoms with Crippen LogP contribution < -0.4 is 5.73 Å². The molecule has 0 saturated carbocycles. The van der Waals surface area contributed by atoms with E-state index in [-0.39, 0.29) is 0 Å². The van der Waals surface area contributed by atoms with E-state index in [2.05, 4.69) is 30.8 Å². The number of unbranched alkanes of at least 4 members (excludes halogenated alkanes) is 4. The van der Waals surface area contributed by atoms with Gasteiger partial charge in [0.15, 0.2) is 0 Å². The molecule has 3 heteroatoms. The minimum Gasteiger partial charge on any atom is -0.326 e. The quantitative estimate of drug-likeness (QED) is 0.709. The van der Waals surface area contributed by atoms with Gasteiger partial charge in [-0.05, 0) is 40.0 Å². The molecule has 0 amide bonds. The van der Waals surface area contributed by atoms with Gasteiger partial charge in [0.2, 0.25) is 0 Å². The molecule has 2 unspecified atom stereocenters. The fourth-order valence-corrected chi connectivity index (χ4v) is 2.94. The highest BCUT2D eigenvalue weighted by Gasteiger charge is 2.25. The average molecular weight is 255 g/mol. The molecule has 3 nitrogen and oxygen atoms in total. The Bertz CT molecular complexity index is 208. The van der Waals surface area contributed by atoms with Gasteiger partial charge in [0.05, 0.1) is 0 Å². The molecule has 1 aliphatic rings. The van der Waals surface area contributed by atoms with Crippen molar-refractivity contribution in [1.29, 1.82) is 0 Å². The molecule has 0 aromatic carbocycles. The fourth-order valence-electron chi connectivity index (χ4n) is 2.94. The van der Waals surface area contributed by atoms with Crippen LogP contribution in [0.2, 0.25) is 0 Å². The highest BCUT2D eigenvalue weighted by atomic mass is 15.2. The third kappa shape index (κ3) is 5.68. The zero-order valence-corrected chi connectivity index (χ0v) is 12.7. The van der Waals surface area contributed by atoms with Crippen LogP contribution in [-0.2, 0) is 0 Å². The Hall–Kier alpha value is -0.120. The molecule has 0 radical (unpaired) electrons. The van der Waals surface area contributed by atoms with E-state index < -0.39 is 0 Å². The molecule has 1 heterocycles. The average Bonchev–Trinajstić information content (AvgIpc) is 2.51. The second kappa shape index (κ2) is 8.89. The van der Waals surface area contributed by atoms with Crippen molar-refractivity contribution >= 4 is 0 Å². The van der Waals surface area contributed by atoms with Crippen molar-refractivity contribution < 1.29 is 0 Å². The molecule has 108 valence electrons. The van der Waals surface area contributed by atoms with E-state index >= 15 is 0 Å². The van der Waals surface area contributed by atoms with Gasteiger partial charge in [0.1, 0.15) is 0 Å². The molecule has 1 fully saturated rings. The summed E-state index contributed by atoms with van der Waals surface area (Å²) in [5.41, 5.74) is 6.42. The van der Waals surface area contributed by atoms with Gasteiger partial charge in [-0.25, -0.2) is 0 Å². The van der Waals surface area contributed by atoms with Crippen molar-refractivity contribution in [2.45, 2.75) is 64.0 Å².